The van der Waals surface area contributed by atoms with Gasteiger partial charge in [0.05, 0.1) is 11.1 Å². The molecule has 276 valence electrons. The molecule has 0 spiro atoms. The summed E-state index contributed by atoms with van der Waals surface area (Å²) >= 11 is 0.968. The normalized spacial score (nSPS) is 29.8. The maximum absolute atomic E-state index is 13.5. The van der Waals surface area contributed by atoms with Gasteiger partial charge in [-0.3, -0.25) is 19.1 Å². The average molecular weight is 749 g/mol. The predicted octanol–water partition coefficient (Wildman–Crippen LogP) is 0.744. The fraction of sp³-hybridized carbons (Fsp3) is 0.548. The lowest BCUT2D eigenvalue weighted by Gasteiger charge is -2.50. The molecule has 1 aromatic heterocycles. The lowest BCUT2D eigenvalue weighted by atomic mass is 9.81. The van der Waals surface area contributed by atoms with Gasteiger partial charge < -0.3 is 37.2 Å². The zero-order chi connectivity index (χ0) is 37.3. The van der Waals surface area contributed by atoms with Crippen LogP contribution in [0.15, 0.2) is 33.7 Å². The van der Waals surface area contributed by atoms with Crippen molar-refractivity contribution in [1.29, 1.82) is 0 Å². The second-order valence-electron chi connectivity index (χ2n) is 14.2. The van der Waals surface area contributed by atoms with Crippen LogP contribution in [0.1, 0.15) is 70.2 Å². The van der Waals surface area contributed by atoms with Gasteiger partial charge in [-0.15, -0.1) is 15.6 Å². The van der Waals surface area contributed by atoms with Crippen molar-refractivity contribution in [2.24, 2.45) is 33.5 Å². The first-order valence-corrected chi connectivity index (χ1v) is 18.4. The van der Waals surface area contributed by atoms with Crippen LogP contribution in [0.25, 0.3) is 0 Å². The molecule has 2 aliphatic carbocycles. The van der Waals surface area contributed by atoms with Gasteiger partial charge in [0.2, 0.25) is 0 Å². The van der Waals surface area contributed by atoms with Crippen molar-refractivity contribution in [3.05, 3.63) is 40.4 Å². The molecular weight excluding hydrogens is 709 g/mol. The molecule has 7 atom stereocenters. The molecule has 3 fully saturated rings. The number of oxime groups is 1. The van der Waals surface area contributed by atoms with E-state index in [2.05, 4.69) is 26.7 Å². The summed E-state index contributed by atoms with van der Waals surface area (Å²) in [6.45, 7) is 6.12. The highest BCUT2D eigenvalue weighted by Gasteiger charge is 2.58. The number of aryl methyl sites for hydroxylation is 1. The number of carboxylic acids is 1. The Morgan fingerprint density at radius 2 is 1.98 bits per heavy atom. The van der Waals surface area contributed by atoms with Crippen LogP contribution in [0.5, 0.6) is 5.75 Å². The van der Waals surface area contributed by atoms with Gasteiger partial charge in [-0.1, -0.05) is 5.16 Å². The molecule has 9 N–H and O–H groups in total. The first-order chi connectivity index (χ1) is 23.7. The number of anilines is 1. The Bertz CT molecular complexity index is 1950. The number of fused-ring (bicyclic) bond motifs is 2. The minimum absolute atomic E-state index is 0.0605. The molecule has 2 saturated carbocycles. The third-order valence-corrected chi connectivity index (χ3v) is 11.3. The van der Waals surface area contributed by atoms with Gasteiger partial charge in [0.25, 0.3) is 17.4 Å². The standard InChI is InChI=1S/C31H40N8O10S2/c1-29(2)23(26(41)39(29)49-51(44,45)46)36-25(40)22(19-13-50-28(34)35-19)38-48-31(4,27(42)43)21-8-6-14-11-15(5-7-20(14)47-21)24(33)37-30(3)10-9-18(32)16-12-17(16)30/h5,7,11,13,16-18,21,23H,6,8-10,12,32H2,1-4H3,(H2,33,37)(H2,34,35)(H,36,40)(H,42,43)(H,44,45,46)/b38-22-/t16?,17-,18+,21-,23-,30+,31+/m1/s1. The lowest BCUT2D eigenvalue weighted by Crippen LogP contribution is -2.76. The van der Waals surface area contributed by atoms with Crippen molar-refractivity contribution >= 4 is 56.2 Å². The van der Waals surface area contributed by atoms with Gasteiger partial charge in [-0.2, -0.15) is 13.5 Å². The summed E-state index contributed by atoms with van der Waals surface area (Å²) in [5.74, 6) is -1.71. The van der Waals surface area contributed by atoms with E-state index in [0.717, 1.165) is 41.7 Å². The maximum Gasteiger partial charge on any atom is 0.418 e. The fourth-order valence-corrected chi connectivity index (χ4v) is 8.07. The van der Waals surface area contributed by atoms with E-state index in [9.17, 15) is 27.9 Å². The van der Waals surface area contributed by atoms with Gasteiger partial charge in [0.1, 0.15) is 23.3 Å². The number of nitrogens with one attached hydrogen (secondary N) is 1. The number of carboxylic acid groups (broad SMARTS) is 1. The smallest absolute Gasteiger partial charge is 0.418 e. The molecule has 3 heterocycles. The van der Waals surface area contributed by atoms with Crippen LogP contribution >= 0.6 is 11.3 Å². The number of carbonyl (C=O) groups excluding carboxylic acids is 2. The van der Waals surface area contributed by atoms with Crippen LogP contribution < -0.4 is 27.3 Å². The Morgan fingerprint density at radius 1 is 1.25 bits per heavy atom. The van der Waals surface area contributed by atoms with Crippen molar-refractivity contribution in [3.63, 3.8) is 0 Å². The van der Waals surface area contributed by atoms with Gasteiger partial charge in [0.15, 0.2) is 16.9 Å². The Balaban J connectivity index is 1.20. The molecule has 1 aromatic carbocycles. The topological polar surface area (TPSA) is 284 Å². The number of aliphatic imine (C=N–C) groups is 1. The van der Waals surface area contributed by atoms with E-state index < -0.39 is 57.2 Å². The van der Waals surface area contributed by atoms with Crippen LogP contribution in [0, 0.1) is 11.8 Å². The zero-order valence-electron chi connectivity index (χ0n) is 28.2. The Morgan fingerprint density at radius 3 is 2.61 bits per heavy atom. The second kappa shape index (κ2) is 12.7. The molecule has 20 heteroatoms. The summed E-state index contributed by atoms with van der Waals surface area (Å²) in [4.78, 5) is 53.4. The van der Waals surface area contributed by atoms with Gasteiger partial charge in [-0.05, 0) is 95.4 Å². The number of amides is 2. The number of nitrogens with two attached hydrogens (primary N) is 3. The first kappa shape index (κ1) is 36.4. The second-order valence-corrected chi connectivity index (χ2v) is 16.1. The minimum atomic E-state index is -5.03. The number of hydrogen-bond donors (Lipinski definition) is 6. The minimum Gasteiger partial charge on any atom is -0.485 e. The van der Waals surface area contributed by atoms with E-state index in [0.29, 0.717) is 34.9 Å². The van der Waals surface area contributed by atoms with Crippen molar-refractivity contribution in [3.8, 4) is 5.75 Å². The fourth-order valence-electron chi connectivity index (χ4n) is 7.07. The number of amidine groups is 1. The average Bonchev–Trinajstić information content (AvgIpc) is 3.79. The van der Waals surface area contributed by atoms with E-state index in [1.54, 1.807) is 12.1 Å². The highest BCUT2D eigenvalue weighted by atomic mass is 32.3. The molecule has 1 unspecified atom stereocenters. The number of nitrogen functional groups attached to an aromatic ring is 1. The highest BCUT2D eigenvalue weighted by Crippen LogP contribution is 2.56. The quantitative estimate of drug-likeness (QED) is 0.0608. The Labute approximate surface area is 297 Å². The third-order valence-electron chi connectivity index (χ3n) is 10.3. The molecule has 1 saturated heterocycles. The highest BCUT2D eigenvalue weighted by molar-refractivity contribution is 7.80. The van der Waals surface area contributed by atoms with Crippen molar-refractivity contribution in [1.82, 2.24) is 15.4 Å². The molecule has 6 rings (SSSR count). The molecule has 2 aromatic rings. The van der Waals surface area contributed by atoms with E-state index in [4.69, 9.17) is 36.3 Å². The van der Waals surface area contributed by atoms with Gasteiger partial charge >= 0.3 is 16.4 Å². The van der Waals surface area contributed by atoms with Gasteiger partial charge in [-0.25, -0.2) is 9.78 Å². The van der Waals surface area contributed by atoms with Crippen LogP contribution in [-0.2, 0) is 40.3 Å². The number of benzene rings is 1. The molecule has 51 heavy (non-hydrogen) atoms. The first-order valence-electron chi connectivity index (χ1n) is 16.2. The van der Waals surface area contributed by atoms with E-state index in [1.807, 2.05) is 6.07 Å². The number of ether oxygens (including phenoxy) is 1. The lowest BCUT2D eigenvalue weighted by molar-refractivity contribution is -0.218. The number of aliphatic carboxylic acids is 1. The Kier molecular flexibility index (Phi) is 9.06. The number of thiazole rings is 1. The molecule has 2 aliphatic heterocycles. The maximum atomic E-state index is 13.5. The summed E-state index contributed by atoms with van der Waals surface area (Å²) in [7, 11) is -5.03. The molecule has 2 amide bonds. The summed E-state index contributed by atoms with van der Waals surface area (Å²) in [6.07, 6.45) is 2.36. The summed E-state index contributed by atoms with van der Waals surface area (Å²) in [6, 6.07) is 4.22. The number of hydrogen-bond acceptors (Lipinski definition) is 14. The van der Waals surface area contributed by atoms with Crippen LogP contribution in [-0.4, -0.2) is 92.3 Å². The predicted molar refractivity (Wildman–Crippen MR) is 183 cm³/mol. The molecule has 0 bridgehead atoms. The van der Waals surface area contributed by atoms with E-state index >= 15 is 0 Å². The molecule has 0 radical (unpaired) electrons. The van der Waals surface area contributed by atoms with Gasteiger partial charge in [0, 0.05) is 17.0 Å². The number of carbonyl (C=O) groups is 3. The number of nitrogens with zero attached hydrogens (tertiary/aromatic N) is 4. The number of rotatable bonds is 11. The van der Waals surface area contributed by atoms with Crippen LogP contribution in [0.2, 0.25) is 0 Å². The summed E-state index contributed by atoms with van der Waals surface area (Å²) in [5, 5.41) is 18.5. The SMILES string of the molecule is CC1(C)[C@H](NC(=O)/C(=N\O[C@](C)(C(=O)O)[C@H]2CCc3cc(C(N)=N[C@@]4(C)CC[C@H](N)C5C[C@H]54)ccc3O2)c2csc(N)n2)C(=O)N1OS(=O)(=O)O. The number of β-lactam (4-membered cyclic amide) rings is 1. The third kappa shape index (κ3) is 6.85. The monoisotopic (exact) mass is 748 g/mol. The van der Waals surface area contributed by atoms with Crippen molar-refractivity contribution in [2.75, 3.05) is 5.73 Å². The van der Waals surface area contributed by atoms with Crippen molar-refractivity contribution in [2.45, 2.75) is 94.7 Å². The number of hydroxylamine groups is 2. The molecular formula is C31H40N8O10S2. The molecule has 18 nitrogen and oxygen atoms in total. The van der Waals surface area contributed by atoms with Crippen LogP contribution in [0.3, 0.4) is 0 Å². The van der Waals surface area contributed by atoms with Crippen LogP contribution in [0.4, 0.5) is 5.13 Å². The summed E-state index contributed by atoms with van der Waals surface area (Å²) < 4.78 is 41.9. The largest absolute Gasteiger partial charge is 0.485 e. The number of aromatic nitrogens is 1. The van der Waals surface area contributed by atoms with E-state index in [-0.39, 0.29) is 28.8 Å². The van der Waals surface area contributed by atoms with Crippen molar-refractivity contribution < 1.29 is 46.3 Å². The summed E-state index contributed by atoms with van der Waals surface area (Å²) in [5.41, 5.74) is 15.6. The zero-order valence-corrected chi connectivity index (χ0v) is 29.9. The van der Waals surface area contributed by atoms with E-state index in [1.165, 1.54) is 26.2 Å². The molecule has 4 aliphatic rings. The Hall–Kier alpha value is -4.37.